The average Bonchev–Trinajstić information content (AvgIpc) is 3.29. The van der Waals surface area contributed by atoms with E-state index < -0.39 is 0 Å². The lowest BCUT2D eigenvalue weighted by Gasteiger charge is -2.21. The smallest absolute Gasteiger partial charge is 0.122 e. The van der Waals surface area contributed by atoms with Gasteiger partial charge < -0.3 is 10.5 Å². The van der Waals surface area contributed by atoms with E-state index in [1.54, 1.807) is 0 Å². The second-order valence-corrected chi connectivity index (χ2v) is 6.20. The average molecular weight is 281 g/mol. The van der Waals surface area contributed by atoms with Crippen LogP contribution >= 0.6 is 0 Å². The Kier molecular flexibility index (Phi) is 3.73. The summed E-state index contributed by atoms with van der Waals surface area (Å²) in [7, 11) is 0. The fourth-order valence-corrected chi connectivity index (χ4v) is 3.00. The van der Waals surface area contributed by atoms with Crippen molar-refractivity contribution in [1.29, 1.82) is 0 Å². The van der Waals surface area contributed by atoms with E-state index in [4.69, 9.17) is 10.5 Å². The van der Waals surface area contributed by atoms with E-state index in [0.29, 0.717) is 6.61 Å². The molecule has 0 radical (unpaired) electrons. The molecule has 2 nitrogen and oxygen atoms in total. The number of nitrogens with two attached hydrogens (primary N) is 1. The second-order valence-electron chi connectivity index (χ2n) is 6.20. The van der Waals surface area contributed by atoms with Crippen molar-refractivity contribution in [3.05, 3.63) is 65.2 Å². The third-order valence-corrected chi connectivity index (χ3v) is 4.65. The first-order valence-corrected chi connectivity index (χ1v) is 7.65. The fraction of sp³-hybridized carbons (Fsp3) is 0.368. The van der Waals surface area contributed by atoms with Crippen LogP contribution in [0.15, 0.2) is 48.5 Å². The maximum atomic E-state index is 6.16. The van der Waals surface area contributed by atoms with E-state index in [0.717, 1.165) is 5.75 Å². The van der Waals surface area contributed by atoms with Crippen molar-refractivity contribution in [1.82, 2.24) is 0 Å². The number of hydrogen-bond donors (Lipinski definition) is 1. The first-order valence-electron chi connectivity index (χ1n) is 7.65. The molecule has 0 spiro atoms. The van der Waals surface area contributed by atoms with Gasteiger partial charge in [0.25, 0.3) is 0 Å². The van der Waals surface area contributed by atoms with Crippen molar-refractivity contribution in [3.8, 4) is 5.75 Å². The van der Waals surface area contributed by atoms with Gasteiger partial charge in [0.2, 0.25) is 0 Å². The lowest BCUT2D eigenvalue weighted by atomic mass is 9.88. The van der Waals surface area contributed by atoms with Gasteiger partial charge in [-0.25, -0.2) is 0 Å². The SMILES string of the molecule is Cc1cc(C2(C(C)N)CC2)ccc1OCc1ccccc1. The minimum atomic E-state index is 0.211. The molecule has 1 saturated carbocycles. The summed E-state index contributed by atoms with van der Waals surface area (Å²) >= 11 is 0. The molecule has 1 unspecified atom stereocenters. The molecule has 1 atom stereocenters. The van der Waals surface area contributed by atoms with Gasteiger partial charge >= 0.3 is 0 Å². The molecule has 2 aromatic rings. The van der Waals surface area contributed by atoms with Gasteiger partial charge in [-0.2, -0.15) is 0 Å². The molecule has 21 heavy (non-hydrogen) atoms. The minimum Gasteiger partial charge on any atom is -0.489 e. The van der Waals surface area contributed by atoms with Crippen LogP contribution in [0.25, 0.3) is 0 Å². The molecule has 0 amide bonds. The third kappa shape index (κ3) is 2.81. The summed E-state index contributed by atoms with van der Waals surface area (Å²) in [6.07, 6.45) is 2.41. The minimum absolute atomic E-state index is 0.211. The summed E-state index contributed by atoms with van der Waals surface area (Å²) in [6, 6.07) is 17.0. The van der Waals surface area contributed by atoms with Gasteiger partial charge in [-0.1, -0.05) is 42.5 Å². The predicted octanol–water partition coefficient (Wildman–Crippen LogP) is 3.95. The Morgan fingerprint density at radius 1 is 1.14 bits per heavy atom. The standard InChI is InChI=1S/C19H23NO/c1-14-12-17(19(10-11-19)15(2)20)8-9-18(14)21-13-16-6-4-3-5-7-16/h3-9,12,15H,10-11,13,20H2,1-2H3. The van der Waals surface area contributed by atoms with Gasteiger partial charge in [0, 0.05) is 11.5 Å². The first kappa shape index (κ1) is 14.2. The van der Waals surface area contributed by atoms with E-state index in [2.05, 4.69) is 44.2 Å². The van der Waals surface area contributed by atoms with E-state index in [1.807, 2.05) is 18.2 Å². The van der Waals surface area contributed by atoms with Crippen LogP contribution in [-0.4, -0.2) is 6.04 Å². The van der Waals surface area contributed by atoms with E-state index in [1.165, 1.54) is 29.5 Å². The molecular weight excluding hydrogens is 258 g/mol. The van der Waals surface area contributed by atoms with Gasteiger partial charge in [0.15, 0.2) is 0 Å². The van der Waals surface area contributed by atoms with Crippen molar-refractivity contribution < 1.29 is 4.74 Å². The van der Waals surface area contributed by atoms with Crippen molar-refractivity contribution in [3.63, 3.8) is 0 Å². The Hall–Kier alpha value is -1.80. The highest BCUT2D eigenvalue weighted by Gasteiger charge is 2.47. The molecule has 0 bridgehead atoms. The second kappa shape index (κ2) is 5.53. The maximum absolute atomic E-state index is 6.16. The number of hydrogen-bond acceptors (Lipinski definition) is 2. The zero-order valence-electron chi connectivity index (χ0n) is 12.8. The molecule has 0 aromatic heterocycles. The van der Waals surface area contributed by atoms with Gasteiger partial charge in [0.05, 0.1) is 0 Å². The van der Waals surface area contributed by atoms with Crippen LogP contribution in [0.3, 0.4) is 0 Å². The topological polar surface area (TPSA) is 35.2 Å². The lowest BCUT2D eigenvalue weighted by molar-refractivity contribution is 0.304. The predicted molar refractivity (Wildman–Crippen MR) is 86.5 cm³/mol. The van der Waals surface area contributed by atoms with E-state index in [-0.39, 0.29) is 11.5 Å². The Bertz CT molecular complexity index is 615. The number of rotatable bonds is 5. The fourth-order valence-electron chi connectivity index (χ4n) is 3.00. The van der Waals surface area contributed by atoms with Crippen LogP contribution in [0.4, 0.5) is 0 Å². The summed E-state index contributed by atoms with van der Waals surface area (Å²) in [5.41, 5.74) is 10.1. The van der Waals surface area contributed by atoms with Crippen LogP contribution in [0.1, 0.15) is 36.5 Å². The summed E-state index contributed by atoms with van der Waals surface area (Å²) < 4.78 is 5.94. The van der Waals surface area contributed by atoms with Crippen molar-refractivity contribution in [2.24, 2.45) is 5.73 Å². The van der Waals surface area contributed by atoms with Crippen molar-refractivity contribution >= 4 is 0 Å². The molecule has 2 N–H and O–H groups in total. The van der Waals surface area contributed by atoms with Gasteiger partial charge in [-0.3, -0.25) is 0 Å². The molecule has 2 heteroatoms. The molecule has 3 rings (SSSR count). The number of aryl methyl sites for hydroxylation is 1. The van der Waals surface area contributed by atoms with Crippen molar-refractivity contribution in [2.75, 3.05) is 0 Å². The highest BCUT2D eigenvalue weighted by atomic mass is 16.5. The Morgan fingerprint density at radius 3 is 2.43 bits per heavy atom. The normalized spacial score (nSPS) is 17.3. The van der Waals surface area contributed by atoms with Crippen molar-refractivity contribution in [2.45, 2.75) is 44.8 Å². The van der Waals surface area contributed by atoms with Gasteiger partial charge in [0.1, 0.15) is 12.4 Å². The Labute approximate surface area is 126 Å². The van der Waals surface area contributed by atoms with E-state index in [9.17, 15) is 0 Å². The lowest BCUT2D eigenvalue weighted by Crippen LogP contribution is -2.31. The van der Waals surface area contributed by atoms with Crippen LogP contribution < -0.4 is 10.5 Å². The quantitative estimate of drug-likeness (QED) is 0.900. The van der Waals surface area contributed by atoms with Gasteiger partial charge in [-0.05, 0) is 49.4 Å². The van der Waals surface area contributed by atoms with Crippen LogP contribution in [0.5, 0.6) is 5.75 Å². The van der Waals surface area contributed by atoms with E-state index >= 15 is 0 Å². The van der Waals surface area contributed by atoms with Crippen LogP contribution in [-0.2, 0) is 12.0 Å². The monoisotopic (exact) mass is 281 g/mol. The Morgan fingerprint density at radius 2 is 1.86 bits per heavy atom. The highest BCUT2D eigenvalue weighted by Crippen LogP contribution is 2.50. The van der Waals surface area contributed by atoms with Gasteiger partial charge in [-0.15, -0.1) is 0 Å². The number of ether oxygens (including phenoxy) is 1. The zero-order valence-corrected chi connectivity index (χ0v) is 12.8. The molecule has 110 valence electrons. The largest absolute Gasteiger partial charge is 0.489 e. The Balaban J connectivity index is 1.73. The summed E-state index contributed by atoms with van der Waals surface area (Å²) in [5, 5.41) is 0. The molecule has 0 aliphatic heterocycles. The molecular formula is C19H23NO. The van der Waals surface area contributed by atoms with Crippen LogP contribution in [0.2, 0.25) is 0 Å². The molecule has 1 aliphatic carbocycles. The highest BCUT2D eigenvalue weighted by molar-refractivity contribution is 5.42. The third-order valence-electron chi connectivity index (χ3n) is 4.65. The summed E-state index contributed by atoms with van der Waals surface area (Å²) in [5.74, 6) is 0.961. The summed E-state index contributed by atoms with van der Waals surface area (Å²) in [6.45, 7) is 4.84. The van der Waals surface area contributed by atoms with Crippen LogP contribution in [0, 0.1) is 6.92 Å². The molecule has 1 fully saturated rings. The zero-order chi connectivity index (χ0) is 14.9. The number of benzene rings is 2. The first-order chi connectivity index (χ1) is 10.1. The maximum Gasteiger partial charge on any atom is 0.122 e. The summed E-state index contributed by atoms with van der Waals surface area (Å²) in [4.78, 5) is 0. The molecule has 1 aliphatic rings. The molecule has 2 aromatic carbocycles. The molecule has 0 heterocycles. The molecule has 0 saturated heterocycles.